The van der Waals surface area contributed by atoms with Crippen LogP contribution in [0.1, 0.15) is 17.0 Å². The molecule has 5 N–H and O–H groups in total. The second-order valence-electron chi connectivity index (χ2n) is 5.75. The van der Waals surface area contributed by atoms with E-state index in [2.05, 4.69) is 0 Å². The molecule has 2 aromatic carbocycles. The van der Waals surface area contributed by atoms with E-state index in [9.17, 15) is 9.59 Å². The quantitative estimate of drug-likeness (QED) is 0.694. The van der Waals surface area contributed by atoms with Crippen molar-refractivity contribution >= 4 is 24.3 Å². The molecule has 0 aromatic heterocycles. The summed E-state index contributed by atoms with van der Waals surface area (Å²) in [5.74, 6) is -2.25. The van der Waals surface area contributed by atoms with Crippen LogP contribution in [0.2, 0.25) is 0 Å². The number of aliphatic carboxylic acids is 1. The summed E-state index contributed by atoms with van der Waals surface area (Å²) in [7, 11) is 0. The number of carboxylic acids is 1. The predicted octanol–water partition coefficient (Wildman–Crippen LogP) is 1.50. The lowest BCUT2D eigenvalue weighted by molar-refractivity contribution is -0.150. The van der Waals surface area contributed by atoms with Crippen LogP contribution >= 0.6 is 12.4 Å². The van der Waals surface area contributed by atoms with Crippen LogP contribution in [0.3, 0.4) is 0 Å². The number of hydrogen-bond acceptors (Lipinski definition) is 5. The number of halogens is 1. The molecule has 2 unspecified atom stereocenters. The van der Waals surface area contributed by atoms with Gasteiger partial charge in [0.2, 0.25) is 0 Å². The highest BCUT2D eigenvalue weighted by molar-refractivity contribution is 5.86. The molecule has 3 rings (SSSR count). The van der Waals surface area contributed by atoms with Crippen LogP contribution in [0.4, 0.5) is 0 Å². The summed E-state index contributed by atoms with van der Waals surface area (Å²) in [6.45, 7) is 0.0902. The topological polar surface area (TPSA) is 116 Å². The Morgan fingerprint density at radius 2 is 1.44 bits per heavy atom. The lowest BCUT2D eigenvalue weighted by Gasteiger charge is -2.18. The van der Waals surface area contributed by atoms with Crippen molar-refractivity contribution in [3.63, 3.8) is 0 Å². The molecular weight excluding hydrogens is 344 g/mol. The largest absolute Gasteiger partial charge is 0.480 e. The molecule has 2 atom stereocenters. The van der Waals surface area contributed by atoms with Gasteiger partial charge < -0.3 is 21.3 Å². The Bertz CT molecular complexity index is 751. The SMILES string of the molecule is Cl.NC(C(=O)O)C(N)C(=O)OCC1c2ccccc2-c2ccccc21. The Labute approximate surface area is 151 Å². The number of ether oxygens (including phenoxy) is 1. The van der Waals surface area contributed by atoms with Gasteiger partial charge in [0.15, 0.2) is 0 Å². The van der Waals surface area contributed by atoms with Crippen LogP contribution in [0.15, 0.2) is 48.5 Å². The molecule has 0 aliphatic heterocycles. The van der Waals surface area contributed by atoms with Crippen molar-refractivity contribution in [2.24, 2.45) is 11.5 Å². The highest BCUT2D eigenvalue weighted by Crippen LogP contribution is 2.44. The van der Waals surface area contributed by atoms with Crippen LogP contribution in [-0.2, 0) is 14.3 Å². The fourth-order valence-electron chi connectivity index (χ4n) is 3.00. The van der Waals surface area contributed by atoms with E-state index in [0.717, 1.165) is 22.3 Å². The molecule has 6 nitrogen and oxygen atoms in total. The molecule has 2 aromatic rings. The number of carbonyl (C=O) groups is 2. The number of benzene rings is 2. The van der Waals surface area contributed by atoms with E-state index >= 15 is 0 Å². The molecule has 25 heavy (non-hydrogen) atoms. The zero-order valence-electron chi connectivity index (χ0n) is 13.3. The first-order chi connectivity index (χ1) is 11.5. The second-order valence-corrected chi connectivity index (χ2v) is 5.75. The normalized spacial score (nSPS) is 14.6. The summed E-state index contributed by atoms with van der Waals surface area (Å²) >= 11 is 0. The maximum absolute atomic E-state index is 12.0. The third-order valence-electron chi connectivity index (χ3n) is 4.30. The molecule has 0 fully saturated rings. The van der Waals surface area contributed by atoms with E-state index in [4.69, 9.17) is 21.3 Å². The number of esters is 1. The fraction of sp³-hybridized carbons (Fsp3) is 0.222. The highest BCUT2D eigenvalue weighted by Gasteiger charge is 2.32. The molecule has 0 amide bonds. The number of fused-ring (bicyclic) bond motifs is 3. The van der Waals surface area contributed by atoms with E-state index in [1.807, 2.05) is 48.5 Å². The molecule has 1 aliphatic rings. The summed E-state index contributed by atoms with van der Waals surface area (Å²) in [6, 6.07) is 13.0. The maximum Gasteiger partial charge on any atom is 0.325 e. The standard InChI is InChI=1S/C18H18N2O4.ClH/c19-15(17(21)22)16(20)18(23)24-9-14-12-7-3-1-5-10(12)11-6-2-4-8-13(11)14;/h1-8,14-16H,9,19-20H2,(H,21,22);1H. The van der Waals surface area contributed by atoms with Crippen molar-refractivity contribution in [3.8, 4) is 11.1 Å². The predicted molar refractivity (Wildman–Crippen MR) is 95.5 cm³/mol. The minimum Gasteiger partial charge on any atom is -0.480 e. The van der Waals surface area contributed by atoms with Gasteiger partial charge in [-0.25, -0.2) is 0 Å². The Kier molecular flexibility index (Phi) is 5.79. The summed E-state index contributed by atoms with van der Waals surface area (Å²) in [4.78, 5) is 22.8. The number of carboxylic acid groups (broad SMARTS) is 1. The number of hydrogen-bond donors (Lipinski definition) is 3. The lowest BCUT2D eigenvalue weighted by Crippen LogP contribution is -2.52. The summed E-state index contributed by atoms with van der Waals surface area (Å²) < 4.78 is 5.27. The molecular formula is C18H19ClN2O4. The second kappa shape index (κ2) is 7.65. The van der Waals surface area contributed by atoms with Gasteiger partial charge >= 0.3 is 11.9 Å². The maximum atomic E-state index is 12.0. The monoisotopic (exact) mass is 362 g/mol. The van der Waals surface area contributed by atoms with Crippen molar-refractivity contribution in [1.29, 1.82) is 0 Å². The molecule has 0 heterocycles. The lowest BCUT2D eigenvalue weighted by atomic mass is 9.98. The molecule has 7 heteroatoms. The van der Waals surface area contributed by atoms with Crippen molar-refractivity contribution in [1.82, 2.24) is 0 Å². The van der Waals surface area contributed by atoms with Crippen LogP contribution in [0, 0.1) is 0 Å². The van der Waals surface area contributed by atoms with E-state index in [-0.39, 0.29) is 24.9 Å². The highest BCUT2D eigenvalue weighted by atomic mass is 35.5. The van der Waals surface area contributed by atoms with Crippen molar-refractivity contribution in [2.45, 2.75) is 18.0 Å². The minimum absolute atomic E-state index is 0. The van der Waals surface area contributed by atoms with Crippen LogP contribution in [0.25, 0.3) is 11.1 Å². The van der Waals surface area contributed by atoms with Gasteiger partial charge in [-0.3, -0.25) is 9.59 Å². The Morgan fingerprint density at radius 3 is 1.92 bits per heavy atom. The van der Waals surface area contributed by atoms with Gasteiger partial charge in [-0.2, -0.15) is 0 Å². The molecule has 0 spiro atoms. The third-order valence-corrected chi connectivity index (χ3v) is 4.30. The van der Waals surface area contributed by atoms with Gasteiger partial charge in [0.1, 0.15) is 18.7 Å². The Balaban J connectivity index is 0.00000225. The van der Waals surface area contributed by atoms with E-state index in [1.54, 1.807) is 0 Å². The molecule has 1 aliphatic carbocycles. The van der Waals surface area contributed by atoms with E-state index in [0.29, 0.717) is 0 Å². The summed E-state index contributed by atoms with van der Waals surface area (Å²) in [5.41, 5.74) is 15.3. The van der Waals surface area contributed by atoms with Crippen molar-refractivity contribution < 1.29 is 19.4 Å². The first-order valence-electron chi connectivity index (χ1n) is 7.59. The first kappa shape index (κ1) is 18.9. The number of rotatable bonds is 5. The summed E-state index contributed by atoms with van der Waals surface area (Å²) in [6.07, 6.45) is 0. The average Bonchev–Trinajstić information content (AvgIpc) is 2.92. The van der Waals surface area contributed by atoms with E-state index in [1.165, 1.54) is 0 Å². The zero-order chi connectivity index (χ0) is 17.3. The molecule has 0 bridgehead atoms. The van der Waals surface area contributed by atoms with Gasteiger partial charge in [0.05, 0.1) is 0 Å². The van der Waals surface area contributed by atoms with E-state index < -0.39 is 24.0 Å². The van der Waals surface area contributed by atoms with Crippen molar-refractivity contribution in [3.05, 3.63) is 59.7 Å². The van der Waals surface area contributed by atoms with Gasteiger partial charge in [-0.1, -0.05) is 48.5 Å². The first-order valence-corrected chi connectivity index (χ1v) is 7.59. The molecule has 0 radical (unpaired) electrons. The van der Waals surface area contributed by atoms with Crippen LogP contribution in [0.5, 0.6) is 0 Å². The fourth-order valence-corrected chi connectivity index (χ4v) is 3.00. The Morgan fingerprint density at radius 1 is 0.960 bits per heavy atom. The average molecular weight is 363 g/mol. The van der Waals surface area contributed by atoms with Gasteiger partial charge in [0, 0.05) is 5.92 Å². The van der Waals surface area contributed by atoms with Crippen LogP contribution in [-0.4, -0.2) is 35.7 Å². The molecule has 0 saturated carbocycles. The summed E-state index contributed by atoms with van der Waals surface area (Å²) in [5, 5.41) is 8.83. The smallest absolute Gasteiger partial charge is 0.325 e. The van der Waals surface area contributed by atoms with Crippen molar-refractivity contribution in [2.75, 3.05) is 6.61 Å². The minimum atomic E-state index is -1.49. The van der Waals surface area contributed by atoms with Gasteiger partial charge in [-0.15, -0.1) is 12.4 Å². The number of carbonyl (C=O) groups excluding carboxylic acids is 1. The third kappa shape index (κ3) is 3.51. The molecule has 0 saturated heterocycles. The Hall–Kier alpha value is -2.41. The van der Waals surface area contributed by atoms with Gasteiger partial charge in [0.25, 0.3) is 0 Å². The van der Waals surface area contributed by atoms with Crippen LogP contribution < -0.4 is 11.5 Å². The zero-order valence-corrected chi connectivity index (χ0v) is 14.1. The molecule has 132 valence electrons. The number of nitrogens with two attached hydrogens (primary N) is 2. The van der Waals surface area contributed by atoms with Gasteiger partial charge in [-0.05, 0) is 22.3 Å².